The highest BCUT2D eigenvalue weighted by molar-refractivity contribution is 7.96. The number of sulfonamides is 1. The molecular weight excluding hydrogens is 248 g/mol. The van der Waals surface area contributed by atoms with Crippen LogP contribution in [0.3, 0.4) is 0 Å². The van der Waals surface area contributed by atoms with E-state index in [1.54, 1.807) is 0 Å². The first-order valence-corrected chi connectivity index (χ1v) is 7.60. The molecule has 0 aliphatic carbocycles. The summed E-state index contributed by atoms with van der Waals surface area (Å²) >= 11 is 4.66. The number of sulfone groups is 1. The van der Waals surface area contributed by atoms with Crippen LogP contribution in [-0.4, -0.2) is 44.7 Å². The van der Waals surface area contributed by atoms with Crippen LogP contribution in [0.15, 0.2) is 0 Å². The van der Waals surface area contributed by atoms with E-state index in [2.05, 4.69) is 22.3 Å². The summed E-state index contributed by atoms with van der Waals surface area (Å²) in [7, 11) is -6.88. The van der Waals surface area contributed by atoms with Crippen LogP contribution in [0, 0.1) is 0 Å². The van der Waals surface area contributed by atoms with Crippen molar-refractivity contribution in [1.82, 2.24) is 10.0 Å². The van der Waals surface area contributed by atoms with Crippen molar-refractivity contribution in [1.29, 1.82) is 0 Å². The molecule has 0 amide bonds. The van der Waals surface area contributed by atoms with Gasteiger partial charge in [-0.05, 0) is 12.2 Å². The molecule has 2 fully saturated rings. The van der Waals surface area contributed by atoms with Gasteiger partial charge in [0, 0.05) is 0 Å². The van der Waals surface area contributed by atoms with E-state index in [4.69, 9.17) is 0 Å². The van der Waals surface area contributed by atoms with Gasteiger partial charge in [-0.3, -0.25) is 4.72 Å². The van der Waals surface area contributed by atoms with Crippen LogP contribution in [0.1, 0.15) is 0 Å². The summed E-state index contributed by atoms with van der Waals surface area (Å²) in [6, 6.07) is -0.598. The highest BCUT2D eigenvalue weighted by Gasteiger charge is 2.48. The highest BCUT2D eigenvalue weighted by atomic mass is 32.2. The first-order chi connectivity index (χ1) is 6.30. The molecule has 0 aromatic carbocycles. The minimum atomic E-state index is -3.61. The Morgan fingerprint density at radius 1 is 1.21 bits per heavy atom. The van der Waals surface area contributed by atoms with Gasteiger partial charge in [-0.1, -0.05) is 0 Å². The number of hydrogen-bond acceptors (Lipinski definition) is 5. The van der Waals surface area contributed by atoms with Crippen LogP contribution in [-0.2, 0) is 19.9 Å². The van der Waals surface area contributed by atoms with Gasteiger partial charge in [0.1, 0.15) is 5.25 Å². The van der Waals surface area contributed by atoms with Gasteiger partial charge >= 0.3 is 0 Å². The summed E-state index contributed by atoms with van der Waals surface area (Å²) in [6.45, 7) is 0. The molecule has 2 aliphatic rings. The number of nitrogens with one attached hydrogen (secondary N) is 2. The monoisotopic (exact) mass is 256 g/mol. The molecule has 2 N–H and O–H groups in total. The SMILES string of the molecule is O=S1(=O)C[C@@H]2[C@@H](C1)NC(=S)NS2(=O)=O. The second-order valence-corrected chi connectivity index (χ2v) is 7.80. The number of hydrogen-bond donors (Lipinski definition) is 2. The Bertz CT molecular complexity index is 479. The second kappa shape index (κ2) is 2.80. The van der Waals surface area contributed by atoms with E-state index in [9.17, 15) is 16.8 Å². The summed E-state index contributed by atoms with van der Waals surface area (Å²) < 4.78 is 47.4. The van der Waals surface area contributed by atoms with Crippen LogP contribution in [0.4, 0.5) is 0 Å². The molecule has 0 bridgehead atoms. The van der Waals surface area contributed by atoms with Crippen LogP contribution in [0.25, 0.3) is 0 Å². The molecule has 14 heavy (non-hydrogen) atoms. The van der Waals surface area contributed by atoms with E-state index in [-0.39, 0.29) is 16.6 Å². The second-order valence-electron chi connectivity index (χ2n) is 3.34. The van der Waals surface area contributed by atoms with Crippen molar-refractivity contribution in [2.24, 2.45) is 0 Å². The van der Waals surface area contributed by atoms with E-state index in [0.29, 0.717) is 0 Å². The van der Waals surface area contributed by atoms with Crippen LogP contribution in [0.5, 0.6) is 0 Å². The summed E-state index contributed by atoms with van der Waals surface area (Å²) in [4.78, 5) is 0. The van der Waals surface area contributed by atoms with Crippen molar-refractivity contribution >= 4 is 37.2 Å². The molecule has 80 valence electrons. The maximum Gasteiger partial charge on any atom is 0.240 e. The minimum Gasteiger partial charge on any atom is -0.357 e. The first-order valence-electron chi connectivity index (χ1n) is 3.83. The van der Waals surface area contributed by atoms with Gasteiger partial charge in [-0.15, -0.1) is 0 Å². The summed E-state index contributed by atoms with van der Waals surface area (Å²) in [5.74, 6) is -0.499. The fraction of sp³-hybridized carbons (Fsp3) is 0.800. The summed E-state index contributed by atoms with van der Waals surface area (Å²) in [5, 5.41) is 1.71. The van der Waals surface area contributed by atoms with E-state index >= 15 is 0 Å². The van der Waals surface area contributed by atoms with Gasteiger partial charge in [0.15, 0.2) is 14.9 Å². The van der Waals surface area contributed by atoms with Gasteiger partial charge in [0.05, 0.1) is 17.5 Å². The number of rotatable bonds is 0. The molecule has 2 saturated heterocycles. The largest absolute Gasteiger partial charge is 0.357 e. The maximum absolute atomic E-state index is 11.5. The predicted molar refractivity (Wildman–Crippen MR) is 54.0 cm³/mol. The van der Waals surface area contributed by atoms with E-state index in [0.717, 1.165) is 0 Å². The Kier molecular flexibility index (Phi) is 2.02. The quantitative estimate of drug-likeness (QED) is 0.485. The lowest BCUT2D eigenvalue weighted by Gasteiger charge is -2.27. The number of fused-ring (bicyclic) bond motifs is 1. The third-order valence-electron chi connectivity index (χ3n) is 2.25. The summed E-state index contributed by atoms with van der Waals surface area (Å²) in [5.41, 5.74) is 0. The average molecular weight is 256 g/mol. The zero-order valence-corrected chi connectivity index (χ0v) is 9.38. The first kappa shape index (κ1) is 10.1. The standard InChI is InChI=1S/C5H8N2O4S3/c8-13(9)1-3-4(2-13)14(10,11)7-5(12)6-3/h3-4H,1-2H2,(H2,6,7,12)/t3-,4-/m1/s1. The van der Waals surface area contributed by atoms with Crippen molar-refractivity contribution in [2.75, 3.05) is 11.5 Å². The Morgan fingerprint density at radius 3 is 2.50 bits per heavy atom. The third-order valence-corrected chi connectivity index (χ3v) is 6.33. The molecule has 2 aliphatic heterocycles. The zero-order chi connectivity index (χ0) is 10.6. The molecule has 2 heterocycles. The molecule has 0 aromatic rings. The molecule has 0 radical (unpaired) electrons. The van der Waals surface area contributed by atoms with E-state index < -0.39 is 31.2 Å². The van der Waals surface area contributed by atoms with Crippen molar-refractivity contribution in [2.45, 2.75) is 11.3 Å². The minimum absolute atomic E-state index is 0.0247. The fourth-order valence-corrected chi connectivity index (χ4v) is 6.42. The molecule has 6 nitrogen and oxygen atoms in total. The average Bonchev–Trinajstić information content (AvgIpc) is 2.22. The van der Waals surface area contributed by atoms with Gasteiger partial charge in [-0.25, -0.2) is 16.8 Å². The molecule has 2 rings (SSSR count). The van der Waals surface area contributed by atoms with Crippen LogP contribution < -0.4 is 10.0 Å². The van der Waals surface area contributed by atoms with Gasteiger partial charge in [-0.2, -0.15) is 0 Å². The Labute approximate surface area is 87.0 Å². The smallest absolute Gasteiger partial charge is 0.240 e. The molecule has 2 atom stereocenters. The third kappa shape index (κ3) is 1.59. The van der Waals surface area contributed by atoms with Gasteiger partial charge in [0.25, 0.3) is 0 Å². The molecule has 0 saturated carbocycles. The Balaban J connectivity index is 2.43. The summed E-state index contributed by atoms with van der Waals surface area (Å²) in [6.07, 6.45) is 0. The zero-order valence-electron chi connectivity index (χ0n) is 6.93. The molecular formula is C5H8N2O4S3. The van der Waals surface area contributed by atoms with Crippen molar-refractivity contribution in [3.05, 3.63) is 0 Å². The lowest BCUT2D eigenvalue weighted by atomic mass is 10.2. The number of thiocarbonyl (C=S) groups is 1. The Morgan fingerprint density at radius 2 is 1.86 bits per heavy atom. The van der Waals surface area contributed by atoms with E-state index in [1.165, 1.54) is 0 Å². The molecule has 0 unspecified atom stereocenters. The molecule has 0 spiro atoms. The van der Waals surface area contributed by atoms with Crippen molar-refractivity contribution in [3.63, 3.8) is 0 Å². The normalized spacial score (nSPS) is 38.1. The Hall–Kier alpha value is -0.410. The van der Waals surface area contributed by atoms with Crippen LogP contribution >= 0.6 is 12.2 Å². The lowest BCUT2D eigenvalue weighted by molar-refractivity contribution is 0.549. The molecule has 0 aromatic heterocycles. The molecule has 9 heteroatoms. The van der Waals surface area contributed by atoms with Crippen molar-refractivity contribution in [3.8, 4) is 0 Å². The van der Waals surface area contributed by atoms with Crippen LogP contribution in [0.2, 0.25) is 0 Å². The maximum atomic E-state index is 11.5. The predicted octanol–water partition coefficient (Wildman–Crippen LogP) is -2.04. The van der Waals surface area contributed by atoms with Crippen molar-refractivity contribution < 1.29 is 16.8 Å². The topological polar surface area (TPSA) is 92.3 Å². The fourth-order valence-electron chi connectivity index (χ4n) is 1.66. The van der Waals surface area contributed by atoms with Gasteiger partial charge in [0.2, 0.25) is 10.0 Å². The van der Waals surface area contributed by atoms with E-state index in [1.807, 2.05) is 0 Å². The highest BCUT2D eigenvalue weighted by Crippen LogP contribution is 2.21. The lowest BCUT2D eigenvalue weighted by Crippen LogP contribution is -2.59. The van der Waals surface area contributed by atoms with Gasteiger partial charge < -0.3 is 5.32 Å².